The zero-order chi connectivity index (χ0) is 13.1. The summed E-state index contributed by atoms with van der Waals surface area (Å²) in [4.78, 5) is 11.9. The predicted molar refractivity (Wildman–Crippen MR) is 77.6 cm³/mol. The number of carbonyl (C=O) groups excluding carboxylic acids is 1. The molecule has 0 aromatic heterocycles. The Kier molecular flexibility index (Phi) is 5.09. The maximum atomic E-state index is 11.9. The lowest BCUT2D eigenvalue weighted by Gasteiger charge is -2.26. The van der Waals surface area contributed by atoms with E-state index in [-0.39, 0.29) is 30.5 Å². The van der Waals surface area contributed by atoms with Crippen molar-refractivity contribution in [1.29, 1.82) is 0 Å². The van der Waals surface area contributed by atoms with Crippen LogP contribution in [0, 0.1) is 0 Å². The van der Waals surface area contributed by atoms with Gasteiger partial charge in [-0.05, 0) is 31.5 Å². The number of amides is 1. The normalized spacial score (nSPS) is 23.8. The smallest absolute Gasteiger partial charge is 0.237 e. The topological polar surface area (TPSA) is 59.6 Å². The summed E-state index contributed by atoms with van der Waals surface area (Å²) in [5.74, 6) is 1.56. The van der Waals surface area contributed by atoms with Crippen LogP contribution in [0.5, 0.6) is 11.5 Å². The number of halogens is 1. The lowest BCUT2D eigenvalue weighted by atomic mass is 10.2. The molecule has 2 atom stereocenters. The molecule has 2 aliphatic rings. The predicted octanol–water partition coefficient (Wildman–Crippen LogP) is 1.12. The first-order valence-corrected chi connectivity index (χ1v) is 6.72. The van der Waals surface area contributed by atoms with Crippen molar-refractivity contribution in [3.8, 4) is 11.5 Å². The summed E-state index contributed by atoms with van der Waals surface area (Å²) in [6, 6.07) is 7.53. The van der Waals surface area contributed by atoms with E-state index in [0.29, 0.717) is 13.2 Å². The zero-order valence-electron chi connectivity index (χ0n) is 11.1. The van der Waals surface area contributed by atoms with Crippen molar-refractivity contribution in [2.75, 3.05) is 19.7 Å². The van der Waals surface area contributed by atoms with Gasteiger partial charge in [-0.2, -0.15) is 0 Å². The second-order valence-electron chi connectivity index (χ2n) is 4.89. The fourth-order valence-corrected chi connectivity index (χ4v) is 2.41. The van der Waals surface area contributed by atoms with Gasteiger partial charge in [-0.3, -0.25) is 4.79 Å². The SMILES string of the molecule is Cl.O=C(NCC1COc2ccccc2O1)C1CCCN1. The molecule has 2 heterocycles. The van der Waals surface area contributed by atoms with Crippen molar-refractivity contribution >= 4 is 18.3 Å². The Hall–Kier alpha value is -1.46. The Balaban J connectivity index is 0.00000147. The van der Waals surface area contributed by atoms with Crippen molar-refractivity contribution in [1.82, 2.24) is 10.6 Å². The summed E-state index contributed by atoms with van der Waals surface area (Å²) < 4.78 is 11.4. The molecule has 20 heavy (non-hydrogen) atoms. The highest BCUT2D eigenvalue weighted by molar-refractivity contribution is 5.85. The molecule has 0 spiro atoms. The summed E-state index contributed by atoms with van der Waals surface area (Å²) in [6.07, 6.45) is 1.85. The molecule has 6 heteroatoms. The van der Waals surface area contributed by atoms with E-state index >= 15 is 0 Å². The van der Waals surface area contributed by atoms with Crippen LogP contribution in [0.25, 0.3) is 0 Å². The molecule has 110 valence electrons. The molecule has 5 nitrogen and oxygen atoms in total. The van der Waals surface area contributed by atoms with Crippen LogP contribution in [0.3, 0.4) is 0 Å². The molecule has 0 radical (unpaired) electrons. The van der Waals surface area contributed by atoms with Gasteiger partial charge in [0.2, 0.25) is 5.91 Å². The summed E-state index contributed by atoms with van der Waals surface area (Å²) in [5, 5.41) is 6.09. The van der Waals surface area contributed by atoms with E-state index in [9.17, 15) is 4.79 Å². The molecule has 0 bridgehead atoms. The third-order valence-corrected chi connectivity index (χ3v) is 3.45. The first kappa shape index (κ1) is 14.9. The number of hydrogen-bond donors (Lipinski definition) is 2. The van der Waals surface area contributed by atoms with Crippen LogP contribution in [0.15, 0.2) is 24.3 Å². The minimum absolute atomic E-state index is 0. The quantitative estimate of drug-likeness (QED) is 0.878. The Morgan fingerprint density at radius 3 is 2.90 bits per heavy atom. The second-order valence-corrected chi connectivity index (χ2v) is 4.89. The average molecular weight is 299 g/mol. The van der Waals surface area contributed by atoms with Gasteiger partial charge in [0, 0.05) is 0 Å². The van der Waals surface area contributed by atoms with Crippen molar-refractivity contribution in [3.05, 3.63) is 24.3 Å². The van der Waals surface area contributed by atoms with Gasteiger partial charge in [0.15, 0.2) is 11.5 Å². The number of carbonyl (C=O) groups is 1. The van der Waals surface area contributed by atoms with Gasteiger partial charge in [0.05, 0.1) is 12.6 Å². The molecule has 1 aromatic rings. The highest BCUT2D eigenvalue weighted by Gasteiger charge is 2.25. The Bertz CT molecular complexity index is 463. The molecule has 1 saturated heterocycles. The molecule has 1 aromatic carbocycles. The second kappa shape index (κ2) is 6.81. The highest BCUT2D eigenvalue weighted by Crippen LogP contribution is 2.30. The van der Waals surface area contributed by atoms with E-state index in [1.807, 2.05) is 24.3 Å². The van der Waals surface area contributed by atoms with E-state index in [0.717, 1.165) is 30.9 Å². The average Bonchev–Trinajstić information content (AvgIpc) is 2.99. The molecular formula is C14H19ClN2O3. The van der Waals surface area contributed by atoms with Crippen LogP contribution in [0.1, 0.15) is 12.8 Å². The van der Waals surface area contributed by atoms with E-state index in [4.69, 9.17) is 9.47 Å². The maximum Gasteiger partial charge on any atom is 0.237 e. The first-order valence-electron chi connectivity index (χ1n) is 6.72. The summed E-state index contributed by atoms with van der Waals surface area (Å²) in [7, 11) is 0. The summed E-state index contributed by atoms with van der Waals surface area (Å²) >= 11 is 0. The summed E-state index contributed by atoms with van der Waals surface area (Å²) in [6.45, 7) is 1.87. The molecular weight excluding hydrogens is 280 g/mol. The van der Waals surface area contributed by atoms with Crippen LogP contribution in [0.2, 0.25) is 0 Å². The number of nitrogens with one attached hydrogen (secondary N) is 2. The monoisotopic (exact) mass is 298 g/mol. The Morgan fingerprint density at radius 1 is 1.35 bits per heavy atom. The molecule has 2 unspecified atom stereocenters. The van der Waals surface area contributed by atoms with Gasteiger partial charge in [-0.1, -0.05) is 12.1 Å². The Labute approximate surface area is 124 Å². The lowest BCUT2D eigenvalue weighted by Crippen LogP contribution is -2.46. The van der Waals surface area contributed by atoms with Gasteiger partial charge in [-0.25, -0.2) is 0 Å². The lowest BCUT2D eigenvalue weighted by molar-refractivity contribution is -0.123. The number of benzene rings is 1. The summed E-state index contributed by atoms with van der Waals surface area (Å²) in [5.41, 5.74) is 0. The third-order valence-electron chi connectivity index (χ3n) is 3.45. The largest absolute Gasteiger partial charge is 0.486 e. The minimum atomic E-state index is -0.125. The molecule has 2 aliphatic heterocycles. The standard InChI is InChI=1S/C14H18N2O3.ClH/c17-14(11-4-3-7-15-11)16-8-10-9-18-12-5-1-2-6-13(12)19-10;/h1-2,5-6,10-11,15H,3-4,7-9H2,(H,16,17);1H. The fraction of sp³-hybridized carbons (Fsp3) is 0.500. The van der Waals surface area contributed by atoms with Gasteiger partial charge in [0.25, 0.3) is 0 Å². The number of para-hydroxylation sites is 2. The fourth-order valence-electron chi connectivity index (χ4n) is 2.41. The van der Waals surface area contributed by atoms with E-state index < -0.39 is 0 Å². The van der Waals surface area contributed by atoms with Crippen LogP contribution in [0.4, 0.5) is 0 Å². The van der Waals surface area contributed by atoms with Gasteiger partial charge in [0.1, 0.15) is 12.7 Å². The maximum absolute atomic E-state index is 11.9. The van der Waals surface area contributed by atoms with E-state index in [2.05, 4.69) is 10.6 Å². The van der Waals surface area contributed by atoms with Gasteiger partial charge >= 0.3 is 0 Å². The van der Waals surface area contributed by atoms with Crippen molar-refractivity contribution < 1.29 is 14.3 Å². The minimum Gasteiger partial charge on any atom is -0.486 e. The van der Waals surface area contributed by atoms with Gasteiger partial charge < -0.3 is 20.1 Å². The molecule has 3 rings (SSSR count). The van der Waals surface area contributed by atoms with E-state index in [1.54, 1.807) is 0 Å². The van der Waals surface area contributed by atoms with Crippen LogP contribution >= 0.6 is 12.4 Å². The van der Waals surface area contributed by atoms with Crippen LogP contribution < -0.4 is 20.1 Å². The molecule has 0 aliphatic carbocycles. The van der Waals surface area contributed by atoms with Crippen molar-refractivity contribution in [2.24, 2.45) is 0 Å². The third kappa shape index (κ3) is 3.35. The number of fused-ring (bicyclic) bond motifs is 1. The highest BCUT2D eigenvalue weighted by atomic mass is 35.5. The number of ether oxygens (including phenoxy) is 2. The molecule has 1 fully saturated rings. The van der Waals surface area contributed by atoms with Crippen molar-refractivity contribution in [2.45, 2.75) is 25.0 Å². The molecule has 0 saturated carbocycles. The van der Waals surface area contributed by atoms with E-state index in [1.165, 1.54) is 0 Å². The van der Waals surface area contributed by atoms with Crippen molar-refractivity contribution in [3.63, 3.8) is 0 Å². The Morgan fingerprint density at radius 2 is 2.15 bits per heavy atom. The molecule has 1 amide bonds. The zero-order valence-corrected chi connectivity index (χ0v) is 11.9. The number of rotatable bonds is 3. The number of hydrogen-bond acceptors (Lipinski definition) is 4. The van der Waals surface area contributed by atoms with Crippen LogP contribution in [-0.4, -0.2) is 37.7 Å². The first-order chi connectivity index (χ1) is 9.33. The molecule has 2 N–H and O–H groups in total. The van der Waals surface area contributed by atoms with Crippen LogP contribution in [-0.2, 0) is 4.79 Å². The van der Waals surface area contributed by atoms with Gasteiger partial charge in [-0.15, -0.1) is 12.4 Å².